The minimum Gasteiger partial charge on any atom is -0.363 e. The van der Waals surface area contributed by atoms with Gasteiger partial charge in [-0.2, -0.15) is 0 Å². The minimum atomic E-state index is -3.37. The molecule has 0 amide bonds. The number of hydrogen-bond donors (Lipinski definition) is 3. The van der Waals surface area contributed by atoms with Gasteiger partial charge in [-0.1, -0.05) is 33.1 Å². The summed E-state index contributed by atoms with van der Waals surface area (Å²) in [6.07, 6.45) is 6.88. The van der Waals surface area contributed by atoms with Gasteiger partial charge in [0.2, 0.25) is 10.0 Å². The molecule has 0 aromatic carbocycles. The van der Waals surface area contributed by atoms with E-state index in [1.54, 1.807) is 12.3 Å². The second kappa shape index (κ2) is 9.15. The van der Waals surface area contributed by atoms with Crippen molar-refractivity contribution >= 4 is 10.0 Å². The average Bonchev–Trinajstić information content (AvgIpc) is 2.88. The highest BCUT2D eigenvalue weighted by Crippen LogP contribution is 2.10. The van der Waals surface area contributed by atoms with E-state index in [0.717, 1.165) is 44.3 Å². The number of sulfonamides is 1. The highest BCUT2D eigenvalue weighted by Gasteiger charge is 2.15. The third kappa shape index (κ3) is 6.07. The zero-order chi connectivity index (χ0) is 14.8. The Labute approximate surface area is 122 Å². The number of aromatic amines is 1. The van der Waals surface area contributed by atoms with Crippen LogP contribution in [0.15, 0.2) is 17.2 Å². The van der Waals surface area contributed by atoms with Crippen LogP contribution in [0.3, 0.4) is 0 Å². The molecule has 0 unspecified atom stereocenters. The summed E-state index contributed by atoms with van der Waals surface area (Å²) in [5.41, 5.74) is 0.893. The number of unbranched alkanes of at least 4 members (excludes halogenated alkanes) is 3. The van der Waals surface area contributed by atoms with E-state index in [9.17, 15) is 8.42 Å². The van der Waals surface area contributed by atoms with Gasteiger partial charge in [0, 0.05) is 25.0 Å². The summed E-state index contributed by atoms with van der Waals surface area (Å²) in [6.45, 7) is 6.34. The van der Waals surface area contributed by atoms with Gasteiger partial charge >= 0.3 is 0 Å². The summed E-state index contributed by atoms with van der Waals surface area (Å²) >= 11 is 0. The Morgan fingerprint density at radius 2 is 1.90 bits per heavy atom. The highest BCUT2D eigenvalue weighted by atomic mass is 32.2. The molecule has 6 heteroatoms. The topological polar surface area (TPSA) is 74.0 Å². The summed E-state index contributed by atoms with van der Waals surface area (Å²) in [5.74, 6) is 0. The van der Waals surface area contributed by atoms with Gasteiger partial charge in [-0.3, -0.25) is 0 Å². The molecule has 0 radical (unpaired) electrons. The van der Waals surface area contributed by atoms with E-state index in [1.807, 2.05) is 0 Å². The number of nitrogens with one attached hydrogen (secondary N) is 3. The summed E-state index contributed by atoms with van der Waals surface area (Å²) in [7, 11) is -3.37. The van der Waals surface area contributed by atoms with Gasteiger partial charge in [-0.05, 0) is 25.5 Å². The zero-order valence-corrected chi connectivity index (χ0v) is 13.4. The van der Waals surface area contributed by atoms with Gasteiger partial charge in [0.1, 0.15) is 0 Å². The largest absolute Gasteiger partial charge is 0.363 e. The van der Waals surface area contributed by atoms with E-state index in [-0.39, 0.29) is 0 Å². The van der Waals surface area contributed by atoms with Crippen LogP contribution in [0, 0.1) is 0 Å². The van der Waals surface area contributed by atoms with Crippen molar-refractivity contribution in [2.75, 3.05) is 13.1 Å². The third-order valence-electron chi connectivity index (χ3n) is 3.09. The second-order valence-corrected chi connectivity index (χ2v) is 6.76. The molecule has 0 aliphatic carbocycles. The van der Waals surface area contributed by atoms with Crippen molar-refractivity contribution in [3.63, 3.8) is 0 Å². The maximum absolute atomic E-state index is 12.1. The lowest BCUT2D eigenvalue weighted by molar-refractivity contribution is 0.573. The normalized spacial score (nSPS) is 11.9. The number of rotatable bonds is 11. The Hall–Kier alpha value is -0.850. The maximum Gasteiger partial charge on any atom is 0.242 e. The lowest BCUT2D eigenvalue weighted by Crippen LogP contribution is -2.24. The Kier molecular flexibility index (Phi) is 7.87. The first kappa shape index (κ1) is 17.2. The minimum absolute atomic E-state index is 0.321. The Balaban J connectivity index is 2.42. The van der Waals surface area contributed by atoms with Crippen molar-refractivity contribution in [2.45, 2.75) is 57.4 Å². The third-order valence-corrected chi connectivity index (χ3v) is 4.53. The summed E-state index contributed by atoms with van der Waals surface area (Å²) in [4.78, 5) is 3.32. The van der Waals surface area contributed by atoms with Gasteiger partial charge in [-0.25, -0.2) is 13.1 Å². The first-order valence-electron chi connectivity index (χ1n) is 7.47. The highest BCUT2D eigenvalue weighted by molar-refractivity contribution is 7.89. The molecule has 3 N–H and O–H groups in total. The van der Waals surface area contributed by atoms with Crippen LogP contribution in [0.2, 0.25) is 0 Å². The van der Waals surface area contributed by atoms with Crippen LogP contribution >= 0.6 is 0 Å². The molecule has 0 spiro atoms. The molecule has 0 saturated carbocycles. The number of H-pyrrole nitrogens is 1. The van der Waals surface area contributed by atoms with Crippen LogP contribution in [0.4, 0.5) is 0 Å². The van der Waals surface area contributed by atoms with E-state index in [1.165, 1.54) is 0 Å². The summed E-state index contributed by atoms with van der Waals surface area (Å²) in [5, 5.41) is 3.24. The predicted octanol–water partition coefficient (Wildman–Crippen LogP) is 2.37. The smallest absolute Gasteiger partial charge is 0.242 e. The average molecular weight is 301 g/mol. The molecule has 0 saturated heterocycles. The van der Waals surface area contributed by atoms with E-state index in [2.05, 4.69) is 28.9 Å². The molecular formula is C14H27N3O2S. The van der Waals surface area contributed by atoms with E-state index < -0.39 is 10.0 Å². The zero-order valence-electron chi connectivity index (χ0n) is 12.5. The second-order valence-electron chi connectivity index (χ2n) is 5.00. The van der Waals surface area contributed by atoms with Crippen LogP contribution in [-0.2, 0) is 16.6 Å². The van der Waals surface area contributed by atoms with Gasteiger partial charge < -0.3 is 10.3 Å². The first-order chi connectivity index (χ1) is 9.60. The van der Waals surface area contributed by atoms with E-state index in [0.29, 0.717) is 18.0 Å². The van der Waals surface area contributed by atoms with E-state index >= 15 is 0 Å². The molecule has 0 atom stereocenters. The summed E-state index contributed by atoms with van der Waals surface area (Å²) < 4.78 is 26.8. The first-order valence-corrected chi connectivity index (χ1v) is 8.96. The molecular weight excluding hydrogens is 274 g/mol. The van der Waals surface area contributed by atoms with Crippen molar-refractivity contribution in [2.24, 2.45) is 0 Å². The fourth-order valence-corrected chi connectivity index (χ4v) is 3.01. The predicted molar refractivity (Wildman–Crippen MR) is 82.1 cm³/mol. The van der Waals surface area contributed by atoms with Gasteiger partial charge in [0.15, 0.2) is 0 Å². The van der Waals surface area contributed by atoms with Crippen molar-refractivity contribution in [1.82, 2.24) is 15.0 Å². The summed E-state index contributed by atoms with van der Waals surface area (Å²) in [6, 6.07) is 1.69. The lowest BCUT2D eigenvalue weighted by atomic mass is 10.2. The molecule has 1 heterocycles. The van der Waals surface area contributed by atoms with Gasteiger partial charge in [0.25, 0.3) is 0 Å². The molecule has 5 nitrogen and oxygen atoms in total. The van der Waals surface area contributed by atoms with Crippen molar-refractivity contribution in [1.29, 1.82) is 0 Å². The quantitative estimate of drug-likeness (QED) is 0.549. The molecule has 20 heavy (non-hydrogen) atoms. The molecule has 0 fully saturated rings. The number of aromatic nitrogens is 1. The van der Waals surface area contributed by atoms with Crippen LogP contribution in [-0.4, -0.2) is 26.5 Å². The van der Waals surface area contributed by atoms with Crippen molar-refractivity contribution < 1.29 is 8.42 Å². The van der Waals surface area contributed by atoms with Gasteiger partial charge in [0.05, 0.1) is 4.90 Å². The molecule has 1 rings (SSSR count). The van der Waals surface area contributed by atoms with Crippen molar-refractivity contribution in [3.05, 3.63) is 18.0 Å². The Bertz CT molecular complexity index is 469. The Morgan fingerprint density at radius 1 is 1.10 bits per heavy atom. The molecule has 1 aromatic rings. The number of hydrogen-bond acceptors (Lipinski definition) is 3. The van der Waals surface area contributed by atoms with E-state index in [4.69, 9.17) is 0 Å². The molecule has 0 bridgehead atoms. The lowest BCUT2D eigenvalue weighted by Gasteiger charge is -2.04. The van der Waals surface area contributed by atoms with Crippen LogP contribution in [0.25, 0.3) is 0 Å². The Morgan fingerprint density at radius 3 is 2.60 bits per heavy atom. The molecule has 1 aromatic heterocycles. The van der Waals surface area contributed by atoms with Crippen LogP contribution in [0.1, 0.15) is 51.6 Å². The maximum atomic E-state index is 12.1. The molecule has 0 aliphatic rings. The van der Waals surface area contributed by atoms with Crippen molar-refractivity contribution in [3.8, 4) is 0 Å². The van der Waals surface area contributed by atoms with Crippen LogP contribution < -0.4 is 10.0 Å². The standard InChI is InChI=1S/C14H27N3O2S/c1-3-5-6-7-9-17-20(18,19)14-10-13(16-12-14)11-15-8-4-2/h10,12,15-17H,3-9,11H2,1-2H3. The fourth-order valence-electron chi connectivity index (χ4n) is 1.92. The molecule has 0 aliphatic heterocycles. The van der Waals surface area contributed by atoms with Gasteiger partial charge in [-0.15, -0.1) is 0 Å². The SMILES string of the molecule is CCCCCCNS(=O)(=O)c1c[nH]c(CNCCC)c1. The monoisotopic (exact) mass is 301 g/mol. The van der Waals surface area contributed by atoms with Crippen LogP contribution in [0.5, 0.6) is 0 Å². The molecule has 116 valence electrons. The fraction of sp³-hybridized carbons (Fsp3) is 0.714.